The molecule has 142 valence electrons. The summed E-state index contributed by atoms with van der Waals surface area (Å²) < 4.78 is 6.41. The van der Waals surface area contributed by atoms with Crippen LogP contribution in [0.3, 0.4) is 0 Å². The van der Waals surface area contributed by atoms with Gasteiger partial charge in [-0.1, -0.05) is 13.8 Å². The standard InChI is InChI=1S/C21H30N2O3/c1-14-6-17(24)16(10-23-14)18(25)22-4-5-26-21-9-15-7-19(2,12-21)11-20(3,8-15)13-21/h6,10,15H,4-5,7-9,11-13H2,1-3H3,(H,22,25)(H,23,24). The molecule has 4 fully saturated rings. The lowest BCUT2D eigenvalue weighted by molar-refractivity contribution is -0.213. The first-order valence-corrected chi connectivity index (χ1v) is 9.82. The molecule has 1 amide bonds. The second kappa shape index (κ2) is 5.95. The Bertz CT molecular complexity index is 766. The summed E-state index contributed by atoms with van der Waals surface area (Å²) in [5.74, 6) is 0.459. The van der Waals surface area contributed by atoms with Crippen molar-refractivity contribution in [1.29, 1.82) is 0 Å². The van der Waals surface area contributed by atoms with Gasteiger partial charge in [-0.05, 0) is 62.2 Å². The number of rotatable bonds is 5. The smallest absolute Gasteiger partial charge is 0.256 e. The number of aromatic amines is 1. The lowest BCUT2D eigenvalue weighted by Crippen LogP contribution is -2.59. The van der Waals surface area contributed by atoms with Crippen LogP contribution in [0.5, 0.6) is 0 Å². The van der Waals surface area contributed by atoms with Gasteiger partial charge in [0.15, 0.2) is 5.43 Å². The molecule has 5 nitrogen and oxygen atoms in total. The average molecular weight is 358 g/mol. The predicted molar refractivity (Wildman–Crippen MR) is 100 cm³/mol. The summed E-state index contributed by atoms with van der Waals surface area (Å²) >= 11 is 0. The third-order valence-electron chi connectivity index (χ3n) is 6.67. The van der Waals surface area contributed by atoms with Gasteiger partial charge < -0.3 is 15.0 Å². The molecule has 4 saturated carbocycles. The van der Waals surface area contributed by atoms with Gasteiger partial charge in [0.1, 0.15) is 5.56 Å². The van der Waals surface area contributed by atoms with E-state index >= 15 is 0 Å². The molecule has 1 aromatic rings. The van der Waals surface area contributed by atoms with Gasteiger partial charge in [-0.25, -0.2) is 0 Å². The van der Waals surface area contributed by atoms with Gasteiger partial charge in [-0.3, -0.25) is 9.59 Å². The zero-order chi connectivity index (χ0) is 18.6. The number of H-pyrrole nitrogens is 1. The highest BCUT2D eigenvalue weighted by Gasteiger charge is 2.60. The Labute approximate surface area is 154 Å². The van der Waals surface area contributed by atoms with Crippen LogP contribution >= 0.6 is 0 Å². The predicted octanol–water partition coefficient (Wildman–Crippen LogP) is 3.18. The van der Waals surface area contributed by atoms with E-state index in [1.807, 2.05) is 0 Å². The molecular formula is C21H30N2O3. The van der Waals surface area contributed by atoms with Crippen molar-refractivity contribution in [3.05, 3.63) is 33.7 Å². The van der Waals surface area contributed by atoms with E-state index < -0.39 is 0 Å². The molecule has 1 heterocycles. The Hall–Kier alpha value is -1.62. The van der Waals surface area contributed by atoms with Crippen molar-refractivity contribution < 1.29 is 9.53 Å². The second-order valence-corrected chi connectivity index (χ2v) is 9.81. The van der Waals surface area contributed by atoms with E-state index in [0.29, 0.717) is 24.0 Å². The third kappa shape index (κ3) is 3.22. The van der Waals surface area contributed by atoms with Crippen molar-refractivity contribution in [2.45, 2.75) is 64.9 Å². The summed E-state index contributed by atoms with van der Waals surface area (Å²) in [6.45, 7) is 7.60. The minimum atomic E-state index is -0.334. The fourth-order valence-electron chi connectivity index (χ4n) is 6.78. The van der Waals surface area contributed by atoms with E-state index in [-0.39, 0.29) is 22.5 Å². The van der Waals surface area contributed by atoms with Gasteiger partial charge >= 0.3 is 0 Å². The van der Waals surface area contributed by atoms with Crippen molar-refractivity contribution in [2.24, 2.45) is 16.7 Å². The van der Waals surface area contributed by atoms with Gasteiger partial charge in [0.2, 0.25) is 0 Å². The van der Waals surface area contributed by atoms with Crippen LogP contribution in [0.15, 0.2) is 17.1 Å². The molecule has 2 atom stereocenters. The summed E-state index contributed by atoms with van der Waals surface area (Å²) in [7, 11) is 0. The molecule has 0 aromatic carbocycles. The van der Waals surface area contributed by atoms with E-state index in [1.165, 1.54) is 37.9 Å². The van der Waals surface area contributed by atoms with E-state index in [1.54, 1.807) is 6.92 Å². The lowest BCUT2D eigenvalue weighted by atomic mass is 9.43. The quantitative estimate of drug-likeness (QED) is 0.794. The van der Waals surface area contributed by atoms with Crippen molar-refractivity contribution in [2.75, 3.05) is 13.2 Å². The van der Waals surface area contributed by atoms with E-state index in [4.69, 9.17) is 4.74 Å². The maximum Gasteiger partial charge on any atom is 0.256 e. The van der Waals surface area contributed by atoms with Crippen LogP contribution in [0.25, 0.3) is 0 Å². The Morgan fingerprint density at radius 2 is 1.92 bits per heavy atom. The lowest BCUT2D eigenvalue weighted by Gasteiger charge is -2.65. The number of nitrogens with one attached hydrogen (secondary N) is 2. The molecule has 4 aliphatic carbocycles. The zero-order valence-corrected chi connectivity index (χ0v) is 16.1. The minimum Gasteiger partial charge on any atom is -0.373 e. The summed E-state index contributed by atoms with van der Waals surface area (Å²) in [6.07, 6.45) is 8.98. The molecular weight excluding hydrogens is 328 g/mol. The summed E-state index contributed by atoms with van der Waals surface area (Å²) in [6, 6.07) is 1.45. The fourth-order valence-corrected chi connectivity index (χ4v) is 6.78. The number of ether oxygens (including phenoxy) is 1. The Morgan fingerprint density at radius 3 is 2.54 bits per heavy atom. The number of amides is 1. The molecule has 26 heavy (non-hydrogen) atoms. The number of aromatic nitrogens is 1. The number of pyridine rings is 1. The van der Waals surface area contributed by atoms with Crippen LogP contribution in [0.2, 0.25) is 0 Å². The van der Waals surface area contributed by atoms with Crippen LogP contribution in [-0.2, 0) is 4.74 Å². The molecule has 0 aliphatic heterocycles. The summed E-state index contributed by atoms with van der Waals surface area (Å²) in [5.41, 5.74) is 1.50. The topological polar surface area (TPSA) is 71.2 Å². The van der Waals surface area contributed by atoms with E-state index in [9.17, 15) is 9.59 Å². The van der Waals surface area contributed by atoms with Crippen LogP contribution in [-0.4, -0.2) is 29.6 Å². The molecule has 4 bridgehead atoms. The molecule has 0 radical (unpaired) electrons. The van der Waals surface area contributed by atoms with Gasteiger partial charge in [-0.2, -0.15) is 0 Å². The number of carbonyl (C=O) groups is 1. The molecule has 2 N–H and O–H groups in total. The maximum absolute atomic E-state index is 12.2. The van der Waals surface area contributed by atoms with Gasteiger partial charge in [0, 0.05) is 24.5 Å². The molecule has 5 heteroatoms. The first-order chi connectivity index (χ1) is 12.2. The largest absolute Gasteiger partial charge is 0.373 e. The highest BCUT2D eigenvalue weighted by Crippen LogP contribution is 2.67. The molecule has 4 aliphatic rings. The highest BCUT2D eigenvalue weighted by molar-refractivity contribution is 5.93. The van der Waals surface area contributed by atoms with Crippen molar-refractivity contribution in [3.63, 3.8) is 0 Å². The Balaban J connectivity index is 1.34. The molecule has 5 rings (SSSR count). The Kier molecular flexibility index (Phi) is 4.07. The second-order valence-electron chi connectivity index (χ2n) is 9.81. The van der Waals surface area contributed by atoms with E-state index in [2.05, 4.69) is 24.1 Å². The minimum absolute atomic E-state index is 0.00498. The average Bonchev–Trinajstić information content (AvgIpc) is 2.47. The first-order valence-electron chi connectivity index (χ1n) is 9.82. The number of hydrogen-bond donors (Lipinski definition) is 2. The fraction of sp³-hybridized carbons (Fsp3) is 0.714. The van der Waals surface area contributed by atoms with Crippen LogP contribution in [0, 0.1) is 23.7 Å². The Morgan fingerprint density at radius 1 is 1.23 bits per heavy atom. The van der Waals surface area contributed by atoms with Crippen LogP contribution < -0.4 is 10.7 Å². The molecule has 0 saturated heterocycles. The summed E-state index contributed by atoms with van der Waals surface area (Å²) in [4.78, 5) is 27.0. The van der Waals surface area contributed by atoms with Crippen molar-refractivity contribution in [3.8, 4) is 0 Å². The highest BCUT2D eigenvalue weighted by atomic mass is 16.5. The molecule has 2 unspecified atom stereocenters. The maximum atomic E-state index is 12.2. The monoisotopic (exact) mass is 358 g/mol. The molecule has 0 spiro atoms. The normalized spacial score (nSPS) is 37.7. The molecule has 1 aromatic heterocycles. The van der Waals surface area contributed by atoms with Gasteiger partial charge in [-0.15, -0.1) is 0 Å². The number of aryl methyl sites for hydroxylation is 1. The first kappa shape index (κ1) is 17.8. The zero-order valence-electron chi connectivity index (χ0n) is 16.1. The van der Waals surface area contributed by atoms with E-state index in [0.717, 1.165) is 24.5 Å². The number of hydrogen-bond acceptors (Lipinski definition) is 3. The van der Waals surface area contributed by atoms with Crippen molar-refractivity contribution >= 4 is 5.91 Å². The van der Waals surface area contributed by atoms with Gasteiger partial charge in [0.25, 0.3) is 5.91 Å². The van der Waals surface area contributed by atoms with Gasteiger partial charge in [0.05, 0.1) is 12.2 Å². The third-order valence-corrected chi connectivity index (χ3v) is 6.67. The van der Waals surface area contributed by atoms with Crippen molar-refractivity contribution in [1.82, 2.24) is 10.3 Å². The van der Waals surface area contributed by atoms with Crippen LogP contribution in [0.1, 0.15) is 68.4 Å². The summed E-state index contributed by atoms with van der Waals surface area (Å²) in [5, 5.41) is 2.83. The number of carbonyl (C=O) groups excluding carboxylic acids is 1. The van der Waals surface area contributed by atoms with Crippen LogP contribution in [0.4, 0.5) is 0 Å². The SMILES string of the molecule is Cc1cc(=O)c(C(=O)NCCOC23CC4CC(C)(CC(C)(C4)C2)C3)c[nH]1.